The van der Waals surface area contributed by atoms with Crippen LogP contribution < -0.4 is 5.32 Å². The number of methoxy groups -OCH3 is 1. The molecule has 1 saturated heterocycles. The zero-order chi connectivity index (χ0) is 12.3. The second-order valence-corrected chi connectivity index (χ2v) is 4.75. The zero-order valence-electron chi connectivity index (χ0n) is 9.53. The summed E-state index contributed by atoms with van der Waals surface area (Å²) in [5.74, 6) is -0.332. The summed E-state index contributed by atoms with van der Waals surface area (Å²) >= 11 is 3.44. The summed E-state index contributed by atoms with van der Waals surface area (Å²) < 4.78 is 10.8. The van der Waals surface area contributed by atoms with E-state index < -0.39 is 0 Å². The summed E-state index contributed by atoms with van der Waals surface area (Å²) in [6.45, 7) is 1.53. The Balaban J connectivity index is 2.10. The molecule has 0 bridgehead atoms. The van der Waals surface area contributed by atoms with Gasteiger partial charge in [-0.2, -0.15) is 0 Å². The molecule has 1 unspecified atom stereocenters. The van der Waals surface area contributed by atoms with Gasteiger partial charge in [0.1, 0.15) is 0 Å². The van der Waals surface area contributed by atoms with E-state index in [1.165, 1.54) is 7.11 Å². The number of benzene rings is 1. The van der Waals surface area contributed by atoms with Gasteiger partial charge in [-0.05, 0) is 40.5 Å². The first-order valence-electron chi connectivity index (χ1n) is 5.43. The molecule has 0 radical (unpaired) electrons. The van der Waals surface area contributed by atoms with E-state index in [9.17, 15) is 4.79 Å². The molecule has 92 valence electrons. The molecule has 1 aliphatic heterocycles. The maximum atomic E-state index is 11.3. The lowest BCUT2D eigenvalue weighted by Crippen LogP contribution is -2.19. The van der Waals surface area contributed by atoms with Crippen LogP contribution in [0.25, 0.3) is 0 Å². The number of esters is 1. The van der Waals surface area contributed by atoms with Crippen molar-refractivity contribution in [1.82, 2.24) is 0 Å². The Kier molecular flexibility index (Phi) is 4.02. The van der Waals surface area contributed by atoms with Crippen LogP contribution in [-0.2, 0) is 9.47 Å². The summed E-state index contributed by atoms with van der Waals surface area (Å²) in [6.07, 6.45) is 1.01. The van der Waals surface area contributed by atoms with Gasteiger partial charge in [0.25, 0.3) is 0 Å². The lowest BCUT2D eigenvalue weighted by Gasteiger charge is -2.14. The third kappa shape index (κ3) is 2.98. The molecule has 0 amide bonds. The van der Waals surface area contributed by atoms with Crippen LogP contribution in [0, 0.1) is 0 Å². The number of hydrogen-bond acceptors (Lipinski definition) is 4. The molecule has 0 aromatic heterocycles. The Bertz CT molecular complexity index is 416. The largest absolute Gasteiger partial charge is 0.465 e. The number of carbonyl (C=O) groups is 1. The lowest BCUT2D eigenvalue weighted by molar-refractivity contribution is 0.0600. The van der Waals surface area contributed by atoms with Crippen LogP contribution in [0.4, 0.5) is 5.69 Å². The van der Waals surface area contributed by atoms with Crippen LogP contribution in [0.1, 0.15) is 16.8 Å². The average Bonchev–Trinajstić information content (AvgIpc) is 2.83. The van der Waals surface area contributed by atoms with Crippen LogP contribution >= 0.6 is 15.9 Å². The first kappa shape index (κ1) is 12.4. The van der Waals surface area contributed by atoms with Gasteiger partial charge >= 0.3 is 5.97 Å². The Labute approximate surface area is 108 Å². The molecule has 1 N–H and O–H groups in total. The lowest BCUT2D eigenvalue weighted by atomic mass is 10.2. The molecule has 5 heteroatoms. The fourth-order valence-corrected chi connectivity index (χ4v) is 2.24. The van der Waals surface area contributed by atoms with E-state index >= 15 is 0 Å². The van der Waals surface area contributed by atoms with Crippen LogP contribution in [-0.4, -0.2) is 32.3 Å². The first-order valence-corrected chi connectivity index (χ1v) is 6.22. The Morgan fingerprint density at radius 3 is 3.00 bits per heavy atom. The molecule has 1 atom stereocenters. The van der Waals surface area contributed by atoms with Gasteiger partial charge in [0, 0.05) is 16.8 Å². The maximum absolute atomic E-state index is 11.3. The normalized spacial score (nSPS) is 19.1. The standard InChI is InChI=1S/C12H14BrNO3/c1-16-12(15)8-2-3-11(10(13)6-8)14-9-4-5-17-7-9/h2-3,6,9,14H,4-5,7H2,1H3. The van der Waals surface area contributed by atoms with Crippen molar-refractivity contribution in [2.75, 3.05) is 25.6 Å². The van der Waals surface area contributed by atoms with Crippen molar-refractivity contribution in [2.24, 2.45) is 0 Å². The van der Waals surface area contributed by atoms with Crippen LogP contribution in [0.3, 0.4) is 0 Å². The van der Waals surface area contributed by atoms with Gasteiger partial charge in [-0.1, -0.05) is 0 Å². The Morgan fingerprint density at radius 2 is 2.41 bits per heavy atom. The van der Waals surface area contributed by atoms with Crippen molar-refractivity contribution in [2.45, 2.75) is 12.5 Å². The highest BCUT2D eigenvalue weighted by atomic mass is 79.9. The number of ether oxygens (including phenoxy) is 2. The van der Waals surface area contributed by atoms with Gasteiger partial charge in [0.05, 0.1) is 25.3 Å². The average molecular weight is 300 g/mol. The summed E-state index contributed by atoms with van der Waals surface area (Å²) in [4.78, 5) is 11.3. The molecule has 0 saturated carbocycles. The summed E-state index contributed by atoms with van der Waals surface area (Å²) in [5, 5.41) is 3.37. The van der Waals surface area contributed by atoms with E-state index in [1.807, 2.05) is 6.07 Å². The molecule has 1 aromatic rings. The number of hydrogen-bond donors (Lipinski definition) is 1. The number of nitrogens with one attached hydrogen (secondary N) is 1. The van der Waals surface area contributed by atoms with Crippen molar-refractivity contribution in [3.8, 4) is 0 Å². The Morgan fingerprint density at radius 1 is 1.59 bits per heavy atom. The Hall–Kier alpha value is -1.07. The molecule has 1 aromatic carbocycles. The van der Waals surface area contributed by atoms with Gasteiger partial charge in [-0.3, -0.25) is 0 Å². The number of rotatable bonds is 3. The van der Waals surface area contributed by atoms with Gasteiger partial charge in [0.15, 0.2) is 0 Å². The fraction of sp³-hybridized carbons (Fsp3) is 0.417. The number of halogens is 1. The SMILES string of the molecule is COC(=O)c1ccc(NC2CCOC2)c(Br)c1. The van der Waals surface area contributed by atoms with Crippen LogP contribution in [0.5, 0.6) is 0 Å². The van der Waals surface area contributed by atoms with E-state index in [0.29, 0.717) is 11.6 Å². The van der Waals surface area contributed by atoms with E-state index in [0.717, 1.165) is 29.8 Å². The third-order valence-electron chi connectivity index (χ3n) is 2.68. The molecule has 4 nitrogen and oxygen atoms in total. The fourth-order valence-electron chi connectivity index (χ4n) is 1.75. The third-order valence-corrected chi connectivity index (χ3v) is 3.34. The predicted octanol–water partition coefficient (Wildman–Crippen LogP) is 2.44. The van der Waals surface area contributed by atoms with Gasteiger partial charge in [0.2, 0.25) is 0 Å². The van der Waals surface area contributed by atoms with Crippen LogP contribution in [0.15, 0.2) is 22.7 Å². The van der Waals surface area contributed by atoms with Gasteiger partial charge in [-0.15, -0.1) is 0 Å². The molecular formula is C12H14BrNO3. The van der Waals surface area contributed by atoms with E-state index in [4.69, 9.17) is 4.74 Å². The van der Waals surface area contributed by atoms with E-state index in [2.05, 4.69) is 26.0 Å². The molecule has 2 rings (SSSR count). The monoisotopic (exact) mass is 299 g/mol. The minimum atomic E-state index is -0.332. The minimum Gasteiger partial charge on any atom is -0.465 e. The first-order chi connectivity index (χ1) is 8.20. The highest BCUT2D eigenvalue weighted by Gasteiger charge is 2.16. The number of anilines is 1. The predicted molar refractivity (Wildman–Crippen MR) is 68.3 cm³/mol. The van der Waals surface area contributed by atoms with Crippen molar-refractivity contribution in [3.05, 3.63) is 28.2 Å². The summed E-state index contributed by atoms with van der Waals surface area (Å²) in [7, 11) is 1.37. The van der Waals surface area contributed by atoms with E-state index in [1.54, 1.807) is 12.1 Å². The van der Waals surface area contributed by atoms with Crippen molar-refractivity contribution in [1.29, 1.82) is 0 Å². The van der Waals surface area contributed by atoms with Crippen LogP contribution in [0.2, 0.25) is 0 Å². The molecule has 1 aliphatic rings. The van der Waals surface area contributed by atoms with Crippen molar-refractivity contribution < 1.29 is 14.3 Å². The molecule has 1 fully saturated rings. The zero-order valence-corrected chi connectivity index (χ0v) is 11.1. The number of carbonyl (C=O) groups excluding carboxylic acids is 1. The smallest absolute Gasteiger partial charge is 0.337 e. The highest BCUT2D eigenvalue weighted by Crippen LogP contribution is 2.25. The molecule has 0 spiro atoms. The quantitative estimate of drug-likeness (QED) is 0.871. The van der Waals surface area contributed by atoms with Gasteiger partial charge < -0.3 is 14.8 Å². The molecule has 17 heavy (non-hydrogen) atoms. The molecule has 0 aliphatic carbocycles. The second kappa shape index (κ2) is 5.51. The second-order valence-electron chi connectivity index (χ2n) is 3.89. The molecular weight excluding hydrogens is 286 g/mol. The summed E-state index contributed by atoms with van der Waals surface area (Å²) in [6, 6.07) is 5.71. The highest BCUT2D eigenvalue weighted by molar-refractivity contribution is 9.10. The van der Waals surface area contributed by atoms with Crippen molar-refractivity contribution in [3.63, 3.8) is 0 Å². The minimum absolute atomic E-state index is 0.332. The van der Waals surface area contributed by atoms with Crippen molar-refractivity contribution >= 4 is 27.6 Å². The van der Waals surface area contributed by atoms with Gasteiger partial charge in [-0.25, -0.2) is 4.79 Å². The van der Waals surface area contributed by atoms with E-state index in [-0.39, 0.29) is 5.97 Å². The summed E-state index contributed by atoms with van der Waals surface area (Å²) in [5.41, 5.74) is 1.50. The maximum Gasteiger partial charge on any atom is 0.337 e. The topological polar surface area (TPSA) is 47.6 Å². The molecule has 1 heterocycles.